The smallest absolute Gasteiger partial charge is 0.308 e. The summed E-state index contributed by atoms with van der Waals surface area (Å²) >= 11 is 0. The van der Waals surface area contributed by atoms with Crippen molar-refractivity contribution in [3.63, 3.8) is 0 Å². The maximum atomic E-state index is 13.6. The molecule has 136 valence electrons. The SMILES string of the molecule is CC(=O)Oc1ccccc1C1(C[Si](C)(C)C)C(=O)N(C)c2ccccc21. The summed E-state index contributed by atoms with van der Waals surface area (Å²) in [5, 5.41) is 0. The minimum absolute atomic E-state index is 0.0423. The summed E-state index contributed by atoms with van der Waals surface area (Å²) in [6.45, 7) is 8.17. The molecule has 0 N–H and O–H groups in total. The number of nitrogens with zero attached hydrogens (tertiary/aromatic N) is 1. The van der Waals surface area contributed by atoms with Crippen molar-refractivity contribution in [1.29, 1.82) is 0 Å². The quantitative estimate of drug-likeness (QED) is 0.462. The standard InChI is InChI=1S/C21H25NO3Si/c1-15(23)25-19-13-9-7-11-17(19)21(14-26(3,4)5)16-10-6-8-12-18(16)22(2)20(21)24/h6-13H,14H2,1-5H3. The van der Waals surface area contributed by atoms with Gasteiger partial charge in [0.05, 0.1) is 0 Å². The summed E-state index contributed by atoms with van der Waals surface area (Å²) in [6, 6.07) is 16.1. The lowest BCUT2D eigenvalue weighted by Gasteiger charge is -2.35. The maximum absolute atomic E-state index is 13.6. The highest BCUT2D eigenvalue weighted by Gasteiger charge is 2.53. The molecule has 1 aliphatic rings. The van der Waals surface area contributed by atoms with E-state index in [1.165, 1.54) is 6.92 Å². The number of para-hydroxylation sites is 2. The third kappa shape index (κ3) is 2.96. The van der Waals surface area contributed by atoms with Crippen LogP contribution >= 0.6 is 0 Å². The van der Waals surface area contributed by atoms with E-state index in [2.05, 4.69) is 19.6 Å². The van der Waals surface area contributed by atoms with Gasteiger partial charge in [-0.1, -0.05) is 56.0 Å². The largest absolute Gasteiger partial charge is 0.426 e. The van der Waals surface area contributed by atoms with E-state index in [0.717, 1.165) is 22.9 Å². The van der Waals surface area contributed by atoms with E-state index < -0.39 is 13.5 Å². The van der Waals surface area contributed by atoms with Crippen molar-refractivity contribution in [2.75, 3.05) is 11.9 Å². The summed E-state index contributed by atoms with van der Waals surface area (Å²) in [7, 11) is 0.153. The maximum Gasteiger partial charge on any atom is 0.308 e. The monoisotopic (exact) mass is 367 g/mol. The first kappa shape index (κ1) is 18.4. The van der Waals surface area contributed by atoms with Crippen LogP contribution in [-0.2, 0) is 15.0 Å². The Kier molecular flexibility index (Phi) is 4.52. The molecular weight excluding hydrogens is 342 g/mol. The first-order chi connectivity index (χ1) is 12.2. The van der Waals surface area contributed by atoms with Gasteiger partial charge in [-0.25, -0.2) is 0 Å². The van der Waals surface area contributed by atoms with Crippen molar-refractivity contribution in [3.8, 4) is 5.75 Å². The molecular formula is C21H25NO3Si. The lowest BCUT2D eigenvalue weighted by Crippen LogP contribution is -2.45. The second-order valence-corrected chi connectivity index (χ2v) is 13.6. The van der Waals surface area contributed by atoms with Crippen molar-refractivity contribution in [1.82, 2.24) is 0 Å². The van der Waals surface area contributed by atoms with E-state index in [4.69, 9.17) is 4.74 Å². The Labute approximate surface area is 155 Å². The van der Waals surface area contributed by atoms with E-state index >= 15 is 0 Å². The van der Waals surface area contributed by atoms with Gasteiger partial charge in [-0.05, 0) is 23.7 Å². The molecule has 26 heavy (non-hydrogen) atoms. The van der Waals surface area contributed by atoms with E-state index in [-0.39, 0.29) is 11.9 Å². The fourth-order valence-electron chi connectivity index (χ4n) is 4.02. The minimum Gasteiger partial charge on any atom is -0.426 e. The summed E-state index contributed by atoms with van der Waals surface area (Å²) < 4.78 is 5.50. The third-order valence-corrected chi connectivity index (χ3v) is 6.38. The number of fused-ring (bicyclic) bond motifs is 1. The fraction of sp³-hybridized carbons (Fsp3) is 0.333. The zero-order chi connectivity index (χ0) is 19.1. The van der Waals surface area contributed by atoms with Crippen LogP contribution < -0.4 is 9.64 Å². The highest BCUT2D eigenvalue weighted by molar-refractivity contribution is 6.76. The van der Waals surface area contributed by atoms with Crippen LogP contribution in [0.1, 0.15) is 18.1 Å². The highest BCUT2D eigenvalue weighted by atomic mass is 28.3. The van der Waals surface area contributed by atoms with Crippen LogP contribution in [0.4, 0.5) is 5.69 Å². The van der Waals surface area contributed by atoms with Crippen LogP contribution in [0.3, 0.4) is 0 Å². The Bertz CT molecular complexity index is 872. The van der Waals surface area contributed by atoms with Gasteiger partial charge in [0.25, 0.3) is 0 Å². The third-order valence-electron chi connectivity index (χ3n) is 4.79. The number of carbonyl (C=O) groups excluding carboxylic acids is 2. The normalized spacial score (nSPS) is 19.4. The van der Waals surface area contributed by atoms with Gasteiger partial charge in [-0.2, -0.15) is 0 Å². The Morgan fingerprint density at radius 1 is 1.04 bits per heavy atom. The second kappa shape index (κ2) is 6.40. The summed E-state index contributed by atoms with van der Waals surface area (Å²) in [6.07, 6.45) is 0. The van der Waals surface area contributed by atoms with Crippen molar-refractivity contribution >= 4 is 25.6 Å². The average molecular weight is 368 g/mol. The number of likely N-dealkylation sites (N-methyl/N-ethyl adjacent to an activating group) is 1. The molecule has 0 radical (unpaired) electrons. The van der Waals surface area contributed by atoms with Crippen molar-refractivity contribution in [2.24, 2.45) is 0 Å². The number of rotatable bonds is 4. The van der Waals surface area contributed by atoms with Gasteiger partial charge in [-0.3, -0.25) is 9.59 Å². The number of esters is 1. The number of ether oxygens (including phenoxy) is 1. The molecule has 1 amide bonds. The topological polar surface area (TPSA) is 46.6 Å². The number of hydrogen-bond donors (Lipinski definition) is 0. The molecule has 1 heterocycles. The fourth-order valence-corrected chi connectivity index (χ4v) is 6.15. The molecule has 1 aliphatic heterocycles. The van der Waals surface area contributed by atoms with Gasteiger partial charge in [-0.15, -0.1) is 0 Å². The molecule has 1 unspecified atom stereocenters. The van der Waals surface area contributed by atoms with Gasteiger partial charge >= 0.3 is 5.97 Å². The van der Waals surface area contributed by atoms with E-state index in [1.54, 1.807) is 11.0 Å². The molecule has 0 bridgehead atoms. The van der Waals surface area contributed by atoms with Crippen molar-refractivity contribution in [3.05, 3.63) is 59.7 Å². The molecule has 0 aliphatic carbocycles. The molecule has 3 rings (SSSR count). The molecule has 1 atom stereocenters. The van der Waals surface area contributed by atoms with Crippen LogP contribution in [0, 0.1) is 0 Å². The second-order valence-electron chi connectivity index (χ2n) is 8.11. The predicted octanol–water partition coefficient (Wildman–Crippen LogP) is 4.21. The summed E-state index contributed by atoms with van der Waals surface area (Å²) in [5.74, 6) is 0.130. The van der Waals surface area contributed by atoms with Gasteiger partial charge < -0.3 is 9.64 Å². The molecule has 4 nitrogen and oxygen atoms in total. The lowest BCUT2D eigenvalue weighted by molar-refractivity contribution is -0.132. The summed E-state index contributed by atoms with van der Waals surface area (Å²) in [5.41, 5.74) is 1.88. The molecule has 0 aromatic heterocycles. The summed E-state index contributed by atoms with van der Waals surface area (Å²) in [4.78, 5) is 27.0. The van der Waals surface area contributed by atoms with Gasteiger partial charge in [0.2, 0.25) is 5.91 Å². The van der Waals surface area contributed by atoms with Crippen LogP contribution in [0.25, 0.3) is 0 Å². The molecule has 0 fully saturated rings. The number of hydrogen-bond acceptors (Lipinski definition) is 3. The minimum atomic E-state index is -1.67. The van der Waals surface area contributed by atoms with E-state index in [9.17, 15) is 9.59 Å². The Hall–Kier alpha value is -2.40. The molecule has 0 saturated heterocycles. The molecule has 2 aromatic carbocycles. The van der Waals surface area contributed by atoms with Crippen LogP contribution in [0.5, 0.6) is 5.75 Å². The zero-order valence-corrected chi connectivity index (χ0v) is 17.0. The van der Waals surface area contributed by atoms with Crippen molar-refractivity contribution in [2.45, 2.75) is 38.0 Å². The zero-order valence-electron chi connectivity index (χ0n) is 16.0. The predicted molar refractivity (Wildman–Crippen MR) is 107 cm³/mol. The van der Waals surface area contributed by atoms with Gasteiger partial charge in [0, 0.05) is 33.3 Å². The van der Waals surface area contributed by atoms with Crippen LogP contribution in [0.2, 0.25) is 25.7 Å². The first-order valence-electron chi connectivity index (χ1n) is 8.82. The Morgan fingerprint density at radius 3 is 2.23 bits per heavy atom. The molecule has 5 heteroatoms. The first-order valence-corrected chi connectivity index (χ1v) is 12.5. The number of amides is 1. The molecule has 2 aromatic rings. The van der Waals surface area contributed by atoms with Gasteiger partial charge in [0.1, 0.15) is 11.2 Å². The van der Waals surface area contributed by atoms with Crippen molar-refractivity contribution < 1.29 is 14.3 Å². The van der Waals surface area contributed by atoms with Crippen LogP contribution in [-0.4, -0.2) is 27.0 Å². The Balaban J connectivity index is 2.33. The molecule has 0 saturated carbocycles. The van der Waals surface area contributed by atoms with Gasteiger partial charge in [0.15, 0.2) is 0 Å². The number of carbonyl (C=O) groups is 2. The highest BCUT2D eigenvalue weighted by Crippen LogP contribution is 2.52. The number of benzene rings is 2. The lowest BCUT2D eigenvalue weighted by atomic mass is 9.76. The Morgan fingerprint density at radius 2 is 1.62 bits per heavy atom. The average Bonchev–Trinajstić information content (AvgIpc) is 2.77. The number of anilines is 1. The molecule has 0 spiro atoms. The van der Waals surface area contributed by atoms with E-state index in [0.29, 0.717) is 5.75 Å². The van der Waals surface area contributed by atoms with E-state index in [1.807, 2.05) is 49.5 Å². The van der Waals surface area contributed by atoms with Crippen LogP contribution in [0.15, 0.2) is 48.5 Å².